The van der Waals surface area contributed by atoms with Gasteiger partial charge in [0.15, 0.2) is 5.76 Å². The van der Waals surface area contributed by atoms with Gasteiger partial charge in [0.05, 0.1) is 12.6 Å². The van der Waals surface area contributed by atoms with Gasteiger partial charge in [0.1, 0.15) is 5.76 Å². The van der Waals surface area contributed by atoms with Crippen molar-refractivity contribution in [1.29, 1.82) is 0 Å². The zero-order chi connectivity index (χ0) is 11.3. The molecule has 1 atom stereocenters. The van der Waals surface area contributed by atoms with E-state index in [1.807, 2.05) is 6.92 Å². The summed E-state index contributed by atoms with van der Waals surface area (Å²) in [5, 5.41) is 2.66. The second-order valence-electron chi connectivity index (χ2n) is 3.07. The van der Waals surface area contributed by atoms with Gasteiger partial charge in [0.25, 0.3) is 5.91 Å². The number of hydrogen-bond donors (Lipinski definition) is 2. The van der Waals surface area contributed by atoms with Crippen molar-refractivity contribution in [2.75, 3.05) is 0 Å². The summed E-state index contributed by atoms with van der Waals surface area (Å²) in [5.41, 5.74) is 5.36. The van der Waals surface area contributed by atoms with Crippen LogP contribution in [0.15, 0.2) is 16.5 Å². The van der Waals surface area contributed by atoms with Crippen molar-refractivity contribution < 1.29 is 9.21 Å². The molecule has 0 saturated carbocycles. The topological polar surface area (TPSA) is 68.3 Å². The molecule has 1 heterocycles. The lowest BCUT2D eigenvalue weighted by Gasteiger charge is -2.08. The van der Waals surface area contributed by atoms with Crippen LogP contribution in [-0.4, -0.2) is 11.9 Å². The minimum atomic E-state index is -0.306. The molecule has 0 fully saturated rings. The van der Waals surface area contributed by atoms with Gasteiger partial charge in [-0.05, 0) is 18.6 Å². The van der Waals surface area contributed by atoms with Crippen molar-refractivity contribution in [3.63, 3.8) is 0 Å². The Bertz CT molecular complexity index is 376. The van der Waals surface area contributed by atoms with Gasteiger partial charge in [0.2, 0.25) is 0 Å². The first-order valence-electron chi connectivity index (χ1n) is 4.77. The number of carbonyl (C=O) groups is 1. The quantitative estimate of drug-likeness (QED) is 0.718. The molecule has 1 amide bonds. The average molecular weight is 206 g/mol. The van der Waals surface area contributed by atoms with Crippen LogP contribution in [0.3, 0.4) is 0 Å². The highest BCUT2D eigenvalue weighted by Gasteiger charge is 2.13. The van der Waals surface area contributed by atoms with E-state index in [1.54, 1.807) is 12.1 Å². The van der Waals surface area contributed by atoms with Crippen molar-refractivity contribution in [1.82, 2.24) is 5.32 Å². The van der Waals surface area contributed by atoms with Crippen LogP contribution in [-0.2, 0) is 6.54 Å². The van der Waals surface area contributed by atoms with Crippen molar-refractivity contribution in [2.45, 2.75) is 25.9 Å². The summed E-state index contributed by atoms with van der Waals surface area (Å²) in [6.45, 7) is 2.18. The van der Waals surface area contributed by atoms with E-state index in [1.165, 1.54) is 0 Å². The fraction of sp³-hybridized carbons (Fsp3) is 0.364. The molecule has 0 aliphatic carbocycles. The van der Waals surface area contributed by atoms with Crippen LogP contribution < -0.4 is 11.1 Å². The van der Waals surface area contributed by atoms with Crippen LogP contribution in [0.5, 0.6) is 0 Å². The zero-order valence-electron chi connectivity index (χ0n) is 8.62. The molecule has 0 aromatic carbocycles. The largest absolute Gasteiger partial charge is 0.455 e. The molecule has 4 nitrogen and oxygen atoms in total. The fourth-order valence-electron chi connectivity index (χ4n) is 1.10. The summed E-state index contributed by atoms with van der Waals surface area (Å²) in [6, 6.07) is 3.00. The molecule has 1 aromatic rings. The molecular weight excluding hydrogens is 192 g/mol. The van der Waals surface area contributed by atoms with Gasteiger partial charge >= 0.3 is 0 Å². The van der Waals surface area contributed by atoms with Gasteiger partial charge in [-0.3, -0.25) is 4.79 Å². The lowest BCUT2D eigenvalue weighted by atomic mass is 10.2. The van der Waals surface area contributed by atoms with E-state index in [2.05, 4.69) is 11.2 Å². The number of hydrogen-bond acceptors (Lipinski definition) is 3. The fourth-order valence-corrected chi connectivity index (χ4v) is 1.10. The SMILES string of the molecule is C#CC(CC)NC(=O)c1ccc(CN)o1. The van der Waals surface area contributed by atoms with Crippen molar-refractivity contribution in [2.24, 2.45) is 5.73 Å². The number of rotatable bonds is 4. The summed E-state index contributed by atoms with van der Waals surface area (Å²) < 4.78 is 5.18. The molecule has 1 aromatic heterocycles. The van der Waals surface area contributed by atoms with E-state index in [9.17, 15) is 4.79 Å². The molecule has 80 valence electrons. The molecule has 4 heteroatoms. The molecule has 0 bridgehead atoms. The zero-order valence-corrected chi connectivity index (χ0v) is 8.62. The maximum absolute atomic E-state index is 11.6. The lowest BCUT2D eigenvalue weighted by Crippen LogP contribution is -2.32. The van der Waals surface area contributed by atoms with E-state index < -0.39 is 0 Å². The van der Waals surface area contributed by atoms with Crippen LogP contribution in [0, 0.1) is 12.3 Å². The van der Waals surface area contributed by atoms with Gasteiger partial charge < -0.3 is 15.5 Å². The first-order chi connectivity index (χ1) is 7.21. The maximum atomic E-state index is 11.6. The van der Waals surface area contributed by atoms with E-state index in [-0.39, 0.29) is 24.3 Å². The van der Waals surface area contributed by atoms with Crippen molar-refractivity contribution >= 4 is 5.91 Å². The summed E-state index contributed by atoms with van der Waals surface area (Å²) >= 11 is 0. The summed E-state index contributed by atoms with van der Waals surface area (Å²) in [5.74, 6) is 2.99. The third kappa shape index (κ3) is 2.86. The minimum absolute atomic E-state index is 0.240. The number of amides is 1. The number of terminal acetylenes is 1. The number of nitrogens with one attached hydrogen (secondary N) is 1. The van der Waals surface area contributed by atoms with E-state index in [4.69, 9.17) is 16.6 Å². The molecular formula is C11H14N2O2. The number of furan rings is 1. The van der Waals surface area contributed by atoms with Gasteiger partial charge in [-0.15, -0.1) is 6.42 Å². The van der Waals surface area contributed by atoms with Gasteiger partial charge in [-0.1, -0.05) is 12.8 Å². The van der Waals surface area contributed by atoms with Crippen molar-refractivity contribution in [3.05, 3.63) is 23.7 Å². The predicted molar refractivity (Wildman–Crippen MR) is 57.0 cm³/mol. The molecule has 0 aliphatic rings. The second kappa shape index (κ2) is 5.23. The summed E-state index contributed by atoms with van der Waals surface area (Å²) in [7, 11) is 0. The van der Waals surface area contributed by atoms with E-state index >= 15 is 0 Å². The molecule has 0 aliphatic heterocycles. The van der Waals surface area contributed by atoms with Gasteiger partial charge in [0, 0.05) is 0 Å². The Morgan fingerprint density at radius 3 is 2.93 bits per heavy atom. The summed E-state index contributed by atoms with van der Waals surface area (Å²) in [6.07, 6.45) is 5.91. The van der Waals surface area contributed by atoms with Gasteiger partial charge in [-0.2, -0.15) is 0 Å². The first kappa shape index (κ1) is 11.3. The Morgan fingerprint density at radius 1 is 1.73 bits per heavy atom. The third-order valence-corrected chi connectivity index (χ3v) is 2.00. The van der Waals surface area contributed by atoms with Crippen LogP contribution in [0.2, 0.25) is 0 Å². The number of carbonyl (C=O) groups excluding carboxylic acids is 1. The van der Waals surface area contributed by atoms with Gasteiger partial charge in [-0.25, -0.2) is 0 Å². The lowest BCUT2D eigenvalue weighted by molar-refractivity contribution is 0.0915. The molecule has 1 unspecified atom stereocenters. The maximum Gasteiger partial charge on any atom is 0.287 e. The van der Waals surface area contributed by atoms with E-state index in [0.29, 0.717) is 12.2 Å². The second-order valence-corrected chi connectivity index (χ2v) is 3.07. The van der Waals surface area contributed by atoms with Crippen LogP contribution >= 0.6 is 0 Å². The average Bonchev–Trinajstić information content (AvgIpc) is 2.74. The van der Waals surface area contributed by atoms with Crippen LogP contribution in [0.1, 0.15) is 29.7 Å². The Labute approximate surface area is 88.8 Å². The summed E-state index contributed by atoms with van der Waals surface area (Å²) in [4.78, 5) is 11.6. The normalized spacial score (nSPS) is 11.8. The first-order valence-corrected chi connectivity index (χ1v) is 4.77. The highest BCUT2D eigenvalue weighted by atomic mass is 16.4. The minimum Gasteiger partial charge on any atom is -0.455 e. The van der Waals surface area contributed by atoms with Crippen LogP contribution in [0.4, 0.5) is 0 Å². The molecule has 0 spiro atoms. The molecule has 15 heavy (non-hydrogen) atoms. The molecule has 0 radical (unpaired) electrons. The smallest absolute Gasteiger partial charge is 0.287 e. The van der Waals surface area contributed by atoms with E-state index in [0.717, 1.165) is 0 Å². The Morgan fingerprint density at radius 2 is 2.47 bits per heavy atom. The molecule has 1 rings (SSSR count). The molecule has 0 saturated heterocycles. The Hall–Kier alpha value is -1.73. The Balaban J connectivity index is 2.65. The monoisotopic (exact) mass is 206 g/mol. The number of nitrogens with two attached hydrogens (primary N) is 1. The third-order valence-electron chi connectivity index (χ3n) is 2.00. The molecule has 3 N–H and O–H groups in total. The standard InChI is InChI=1S/C11H14N2O2/c1-3-8(4-2)13-11(14)10-6-5-9(7-12)15-10/h1,5-6,8H,4,7,12H2,2H3,(H,13,14). The highest BCUT2D eigenvalue weighted by molar-refractivity contribution is 5.91. The predicted octanol–water partition coefficient (Wildman–Crippen LogP) is 0.880. The Kier molecular flexibility index (Phi) is 3.95. The van der Waals surface area contributed by atoms with Crippen molar-refractivity contribution in [3.8, 4) is 12.3 Å². The highest BCUT2D eigenvalue weighted by Crippen LogP contribution is 2.07. The van der Waals surface area contributed by atoms with Crippen LogP contribution in [0.25, 0.3) is 0 Å².